The molecule has 6 nitrogen and oxygen atoms in total. The number of nitrogens with one attached hydrogen (secondary N) is 3. The molecule has 3 N–H and O–H groups in total. The number of hydrogen-bond donors (Lipinski definition) is 3. The van der Waals surface area contributed by atoms with Crippen LogP contribution in [0.4, 0.5) is 5.69 Å². The molecule has 4 aromatic rings. The summed E-state index contributed by atoms with van der Waals surface area (Å²) >= 11 is 0. The molecule has 0 aliphatic heterocycles. The molecule has 0 fully saturated rings. The van der Waals surface area contributed by atoms with E-state index in [1.54, 1.807) is 12.1 Å². The van der Waals surface area contributed by atoms with Gasteiger partial charge in [0.2, 0.25) is 0 Å². The van der Waals surface area contributed by atoms with Crippen molar-refractivity contribution in [3.63, 3.8) is 0 Å². The smallest absolute Gasteiger partial charge is 0.258 e. The molecule has 4 rings (SSSR count). The Morgan fingerprint density at radius 1 is 0.933 bits per heavy atom. The zero-order valence-electron chi connectivity index (χ0n) is 16.6. The first kappa shape index (κ1) is 19.4. The van der Waals surface area contributed by atoms with Gasteiger partial charge >= 0.3 is 0 Å². The van der Waals surface area contributed by atoms with E-state index in [4.69, 9.17) is 0 Å². The number of aromatic nitrogens is 2. The molecule has 0 bridgehead atoms. The normalized spacial score (nSPS) is 10.7. The van der Waals surface area contributed by atoms with Crippen LogP contribution in [0.1, 0.15) is 27.3 Å². The number of anilines is 1. The first-order valence-electron chi connectivity index (χ1n) is 9.75. The third kappa shape index (κ3) is 4.22. The lowest BCUT2D eigenvalue weighted by Gasteiger charge is -2.12. The van der Waals surface area contributed by atoms with E-state index in [-0.39, 0.29) is 11.5 Å². The lowest BCUT2D eigenvalue weighted by atomic mass is 10.1. The summed E-state index contributed by atoms with van der Waals surface area (Å²) in [6.07, 6.45) is 0. The number of carbonyl (C=O) groups excluding carboxylic acids is 1. The largest absolute Gasteiger partial charge is 0.377 e. The maximum Gasteiger partial charge on any atom is 0.258 e. The maximum atomic E-state index is 12.7. The molecule has 0 radical (unpaired) electrons. The van der Waals surface area contributed by atoms with E-state index in [9.17, 15) is 9.59 Å². The van der Waals surface area contributed by atoms with Crippen LogP contribution in [0.3, 0.4) is 0 Å². The number of benzene rings is 3. The van der Waals surface area contributed by atoms with Crippen molar-refractivity contribution in [3.8, 4) is 0 Å². The Hall–Kier alpha value is -3.93. The van der Waals surface area contributed by atoms with Gasteiger partial charge in [-0.1, -0.05) is 54.6 Å². The number of para-hydroxylation sites is 2. The van der Waals surface area contributed by atoms with Crippen molar-refractivity contribution in [2.24, 2.45) is 0 Å². The predicted molar refractivity (Wildman–Crippen MR) is 118 cm³/mol. The van der Waals surface area contributed by atoms with E-state index >= 15 is 0 Å². The minimum atomic E-state index is -0.172. The number of H-pyrrole nitrogens is 1. The summed E-state index contributed by atoms with van der Waals surface area (Å²) < 4.78 is 0. The molecule has 1 amide bonds. The highest BCUT2D eigenvalue weighted by atomic mass is 16.1. The number of nitrogens with zero attached hydrogens (tertiary/aromatic N) is 1. The van der Waals surface area contributed by atoms with Crippen molar-refractivity contribution in [3.05, 3.63) is 106 Å². The zero-order chi connectivity index (χ0) is 20.9. The van der Waals surface area contributed by atoms with Crippen molar-refractivity contribution in [1.29, 1.82) is 0 Å². The molecule has 30 heavy (non-hydrogen) atoms. The van der Waals surface area contributed by atoms with Gasteiger partial charge in [-0.15, -0.1) is 0 Å². The van der Waals surface area contributed by atoms with Crippen LogP contribution < -0.4 is 16.2 Å². The summed E-state index contributed by atoms with van der Waals surface area (Å²) in [7, 11) is 0. The molecule has 3 aromatic carbocycles. The van der Waals surface area contributed by atoms with Crippen molar-refractivity contribution in [2.45, 2.75) is 20.0 Å². The van der Waals surface area contributed by atoms with Crippen LogP contribution in [-0.2, 0) is 13.1 Å². The molecule has 0 unspecified atom stereocenters. The van der Waals surface area contributed by atoms with E-state index in [1.165, 1.54) is 0 Å². The highest BCUT2D eigenvalue weighted by Crippen LogP contribution is 2.17. The van der Waals surface area contributed by atoms with Crippen molar-refractivity contribution in [1.82, 2.24) is 15.3 Å². The first-order chi connectivity index (χ1) is 14.6. The van der Waals surface area contributed by atoms with Gasteiger partial charge in [0, 0.05) is 12.2 Å². The second-order valence-corrected chi connectivity index (χ2v) is 7.05. The Morgan fingerprint density at radius 2 is 1.70 bits per heavy atom. The topological polar surface area (TPSA) is 86.9 Å². The second kappa shape index (κ2) is 8.61. The maximum absolute atomic E-state index is 12.7. The van der Waals surface area contributed by atoms with Gasteiger partial charge in [-0.25, -0.2) is 4.98 Å². The minimum absolute atomic E-state index is 0.169. The predicted octanol–water partition coefficient (Wildman–Crippen LogP) is 3.77. The Labute approximate surface area is 174 Å². The van der Waals surface area contributed by atoms with E-state index in [1.807, 2.05) is 67.6 Å². The van der Waals surface area contributed by atoms with Crippen LogP contribution in [0.15, 0.2) is 77.6 Å². The van der Waals surface area contributed by atoms with Crippen LogP contribution in [0.2, 0.25) is 0 Å². The third-order valence-electron chi connectivity index (χ3n) is 4.90. The molecule has 150 valence electrons. The molecule has 0 spiro atoms. The number of fused-ring (bicyclic) bond motifs is 1. The standard InChI is InChI=1S/C24H22N4O2/c1-16-8-7-12-19-22(16)27-21(28-24(19)30)15-25-20-13-6-5-11-18(20)23(29)26-14-17-9-3-2-4-10-17/h2-13,25H,14-15H2,1H3,(H,26,29)(H,27,28,30). The van der Waals surface area contributed by atoms with E-state index < -0.39 is 0 Å². The third-order valence-corrected chi connectivity index (χ3v) is 4.90. The Morgan fingerprint density at radius 3 is 2.53 bits per heavy atom. The highest BCUT2D eigenvalue weighted by molar-refractivity contribution is 5.99. The summed E-state index contributed by atoms with van der Waals surface area (Å²) in [5, 5.41) is 6.74. The highest BCUT2D eigenvalue weighted by Gasteiger charge is 2.12. The summed E-state index contributed by atoms with van der Waals surface area (Å²) in [4.78, 5) is 32.5. The average Bonchev–Trinajstić information content (AvgIpc) is 2.78. The van der Waals surface area contributed by atoms with Crippen LogP contribution in [-0.4, -0.2) is 15.9 Å². The first-order valence-corrected chi connectivity index (χ1v) is 9.75. The molecule has 1 heterocycles. The monoisotopic (exact) mass is 398 g/mol. The fraction of sp³-hybridized carbons (Fsp3) is 0.125. The Balaban J connectivity index is 1.51. The second-order valence-electron chi connectivity index (χ2n) is 7.05. The van der Waals surface area contributed by atoms with Gasteiger partial charge in [0.15, 0.2) is 0 Å². The van der Waals surface area contributed by atoms with Gasteiger partial charge in [-0.05, 0) is 36.2 Å². The number of rotatable bonds is 6. The fourth-order valence-corrected chi connectivity index (χ4v) is 3.32. The number of amides is 1. The minimum Gasteiger partial charge on any atom is -0.377 e. The van der Waals surface area contributed by atoms with Gasteiger partial charge in [0.25, 0.3) is 11.5 Å². The molecule has 0 aliphatic rings. The van der Waals surface area contributed by atoms with Gasteiger partial charge in [0.05, 0.1) is 23.0 Å². The number of aromatic amines is 1. The van der Waals surface area contributed by atoms with E-state index in [0.29, 0.717) is 41.1 Å². The van der Waals surface area contributed by atoms with Crippen LogP contribution in [0.25, 0.3) is 10.9 Å². The van der Waals surface area contributed by atoms with Gasteiger partial charge in [0.1, 0.15) is 5.82 Å². The Kier molecular flexibility index (Phi) is 5.57. The quantitative estimate of drug-likeness (QED) is 0.461. The van der Waals surface area contributed by atoms with Gasteiger partial charge < -0.3 is 15.6 Å². The number of aryl methyl sites for hydroxylation is 1. The molecule has 6 heteroatoms. The molecule has 0 saturated carbocycles. The van der Waals surface area contributed by atoms with Crippen molar-refractivity contribution in [2.75, 3.05) is 5.32 Å². The van der Waals surface area contributed by atoms with E-state index in [0.717, 1.165) is 11.1 Å². The SMILES string of the molecule is Cc1cccc2c(=O)[nH]c(CNc3ccccc3C(=O)NCc3ccccc3)nc12. The van der Waals surface area contributed by atoms with Crippen molar-refractivity contribution < 1.29 is 4.79 Å². The molecule has 0 aliphatic carbocycles. The summed E-state index contributed by atoms with van der Waals surface area (Å²) in [6.45, 7) is 2.67. The number of carbonyl (C=O) groups is 1. The van der Waals surface area contributed by atoms with Crippen molar-refractivity contribution >= 4 is 22.5 Å². The summed E-state index contributed by atoms with van der Waals surface area (Å²) in [5.41, 5.74) is 3.70. The number of hydrogen-bond acceptors (Lipinski definition) is 4. The summed E-state index contributed by atoms with van der Waals surface area (Å²) in [6, 6.07) is 22.6. The molecular weight excluding hydrogens is 376 g/mol. The average molecular weight is 398 g/mol. The zero-order valence-corrected chi connectivity index (χ0v) is 16.6. The molecule has 1 aromatic heterocycles. The van der Waals surface area contributed by atoms with Gasteiger partial charge in [-0.3, -0.25) is 9.59 Å². The van der Waals surface area contributed by atoms with E-state index in [2.05, 4.69) is 20.6 Å². The Bertz CT molecular complexity index is 1250. The lowest BCUT2D eigenvalue weighted by Crippen LogP contribution is -2.24. The van der Waals surface area contributed by atoms with Crippen LogP contribution >= 0.6 is 0 Å². The van der Waals surface area contributed by atoms with Crippen LogP contribution in [0.5, 0.6) is 0 Å². The summed E-state index contributed by atoms with van der Waals surface area (Å²) in [5.74, 6) is 0.346. The molecule has 0 saturated heterocycles. The van der Waals surface area contributed by atoms with Gasteiger partial charge in [-0.2, -0.15) is 0 Å². The molecule has 0 atom stereocenters. The fourth-order valence-electron chi connectivity index (χ4n) is 3.32. The lowest BCUT2D eigenvalue weighted by molar-refractivity contribution is 0.0951. The molecular formula is C24H22N4O2. The van der Waals surface area contributed by atoms with Crippen LogP contribution in [0, 0.1) is 6.92 Å².